The molecule has 0 atom stereocenters. The van der Waals surface area contributed by atoms with Gasteiger partial charge in [-0.2, -0.15) is 4.73 Å². The Bertz CT molecular complexity index is 736. The first-order valence-corrected chi connectivity index (χ1v) is 5.40. The number of carbonyl (C=O) groups is 1. The van der Waals surface area contributed by atoms with Crippen molar-refractivity contribution in [2.45, 2.75) is 0 Å². The number of ether oxygens (including phenoxy) is 2. The van der Waals surface area contributed by atoms with Gasteiger partial charge in [-0.05, 0) is 6.07 Å². The predicted molar refractivity (Wildman–Crippen MR) is 63.0 cm³/mol. The van der Waals surface area contributed by atoms with Crippen LogP contribution in [0.4, 0.5) is 0 Å². The Hall–Kier alpha value is -2.28. The van der Waals surface area contributed by atoms with Crippen LogP contribution in [0, 0.1) is 4.51 Å². The molecule has 0 saturated carbocycles. The van der Waals surface area contributed by atoms with E-state index in [1.807, 2.05) is 0 Å². The lowest BCUT2D eigenvalue weighted by atomic mass is 10.1. The van der Waals surface area contributed by atoms with Crippen LogP contribution in [0.25, 0.3) is 10.9 Å². The van der Waals surface area contributed by atoms with Gasteiger partial charge in [0.05, 0.1) is 21.8 Å². The van der Waals surface area contributed by atoms with Crippen molar-refractivity contribution in [1.82, 2.24) is 4.73 Å². The molecule has 2 N–H and O–H groups in total. The van der Waals surface area contributed by atoms with E-state index in [1.54, 1.807) is 12.1 Å². The Morgan fingerprint density at radius 1 is 1.33 bits per heavy atom. The van der Waals surface area contributed by atoms with E-state index in [0.717, 1.165) is 10.9 Å². The summed E-state index contributed by atoms with van der Waals surface area (Å²) in [7, 11) is 0. The van der Waals surface area contributed by atoms with Crippen LogP contribution in [0.15, 0.2) is 18.3 Å². The van der Waals surface area contributed by atoms with Crippen molar-refractivity contribution >= 4 is 29.1 Å². The first-order valence-electron chi connectivity index (χ1n) is 4.99. The molecule has 2 heterocycles. The standard InChI is InChI=1S/C11H7NO5S/c13-11(14)6-3-12(15)7-2-9-8(16-4-17-9)1-5(7)10(6)18/h1-3,15H,4H2,(H,13,14). The molecular formula is C11H7NO5S. The molecule has 3 rings (SSSR count). The molecule has 1 aliphatic heterocycles. The summed E-state index contributed by atoms with van der Waals surface area (Å²) in [6, 6.07) is 3.12. The fourth-order valence-corrected chi connectivity index (χ4v) is 2.15. The van der Waals surface area contributed by atoms with Crippen LogP contribution in [-0.2, 0) is 0 Å². The number of rotatable bonds is 1. The van der Waals surface area contributed by atoms with Crippen LogP contribution in [-0.4, -0.2) is 27.8 Å². The number of carboxylic acid groups (broad SMARTS) is 1. The van der Waals surface area contributed by atoms with Gasteiger partial charge < -0.3 is 19.8 Å². The molecule has 0 fully saturated rings. The summed E-state index contributed by atoms with van der Waals surface area (Å²) >= 11 is 5.10. The molecule has 0 radical (unpaired) electrons. The average molecular weight is 265 g/mol. The van der Waals surface area contributed by atoms with Crippen LogP contribution in [0.2, 0.25) is 0 Å². The molecule has 18 heavy (non-hydrogen) atoms. The number of benzene rings is 1. The number of aromatic carboxylic acids is 1. The molecule has 1 aliphatic rings. The third-order valence-corrected chi connectivity index (χ3v) is 3.15. The molecule has 2 aromatic rings. The Morgan fingerprint density at radius 2 is 2.00 bits per heavy atom. The van der Waals surface area contributed by atoms with Crippen molar-refractivity contribution in [3.05, 3.63) is 28.4 Å². The first kappa shape index (κ1) is 10.8. The summed E-state index contributed by atoms with van der Waals surface area (Å²) in [5.74, 6) is -0.221. The van der Waals surface area contributed by atoms with Crippen LogP contribution in [0.1, 0.15) is 10.4 Å². The predicted octanol–water partition coefficient (Wildman–Crippen LogP) is 2.03. The second-order valence-corrected chi connectivity index (χ2v) is 4.15. The SMILES string of the molecule is O=C(O)c1cn(O)c2cc3c(cc2c1=S)OCO3. The number of fused-ring (bicyclic) bond motifs is 2. The summed E-state index contributed by atoms with van der Waals surface area (Å²) in [6.45, 7) is 0.0929. The molecule has 0 aliphatic carbocycles. The summed E-state index contributed by atoms with van der Waals surface area (Å²) in [4.78, 5) is 11.0. The molecule has 6 nitrogen and oxygen atoms in total. The van der Waals surface area contributed by atoms with Crippen molar-refractivity contribution in [2.75, 3.05) is 6.79 Å². The van der Waals surface area contributed by atoms with E-state index in [2.05, 4.69) is 0 Å². The fourth-order valence-electron chi connectivity index (χ4n) is 1.85. The maximum atomic E-state index is 11.0. The summed E-state index contributed by atoms with van der Waals surface area (Å²) < 4.78 is 11.2. The van der Waals surface area contributed by atoms with Gasteiger partial charge in [-0.25, -0.2) is 4.79 Å². The normalized spacial score (nSPS) is 12.9. The highest BCUT2D eigenvalue weighted by Crippen LogP contribution is 2.36. The Morgan fingerprint density at radius 3 is 2.67 bits per heavy atom. The van der Waals surface area contributed by atoms with Crippen LogP contribution >= 0.6 is 12.2 Å². The highest BCUT2D eigenvalue weighted by atomic mass is 32.1. The molecule has 0 amide bonds. The average Bonchev–Trinajstić information content (AvgIpc) is 2.78. The maximum absolute atomic E-state index is 11.0. The van der Waals surface area contributed by atoms with E-state index in [0.29, 0.717) is 22.4 Å². The minimum absolute atomic E-state index is 0.0929. The molecule has 92 valence electrons. The van der Waals surface area contributed by atoms with Crippen molar-refractivity contribution in [1.29, 1.82) is 0 Å². The zero-order valence-electron chi connectivity index (χ0n) is 8.91. The van der Waals surface area contributed by atoms with Gasteiger partial charge in [0.2, 0.25) is 6.79 Å². The van der Waals surface area contributed by atoms with E-state index in [1.165, 1.54) is 0 Å². The molecule has 1 aromatic carbocycles. The van der Waals surface area contributed by atoms with Gasteiger partial charge in [-0.3, -0.25) is 0 Å². The largest absolute Gasteiger partial charge is 0.478 e. The maximum Gasteiger partial charge on any atom is 0.338 e. The summed E-state index contributed by atoms with van der Waals surface area (Å²) in [6.07, 6.45) is 1.06. The third kappa shape index (κ3) is 1.41. The second kappa shape index (κ2) is 3.61. The second-order valence-electron chi connectivity index (χ2n) is 3.74. The number of hydrogen-bond acceptors (Lipinski definition) is 5. The molecule has 0 unspecified atom stereocenters. The Labute approximate surface area is 106 Å². The minimum atomic E-state index is -1.19. The lowest BCUT2D eigenvalue weighted by Crippen LogP contribution is -2.04. The van der Waals surface area contributed by atoms with Gasteiger partial charge in [0, 0.05) is 11.5 Å². The molecular weight excluding hydrogens is 258 g/mol. The highest BCUT2D eigenvalue weighted by Gasteiger charge is 2.18. The molecule has 7 heteroatoms. The van der Waals surface area contributed by atoms with Gasteiger partial charge in [0.1, 0.15) is 0 Å². The Kier molecular flexibility index (Phi) is 2.17. The number of pyridine rings is 1. The molecule has 0 bridgehead atoms. The van der Waals surface area contributed by atoms with E-state index >= 15 is 0 Å². The number of carboxylic acids is 1. The molecule has 0 saturated heterocycles. The summed E-state index contributed by atoms with van der Waals surface area (Å²) in [5.41, 5.74) is 0.230. The van der Waals surface area contributed by atoms with Crippen molar-refractivity contribution in [3.8, 4) is 11.5 Å². The number of nitrogens with zero attached hydrogens (tertiary/aromatic N) is 1. The third-order valence-electron chi connectivity index (χ3n) is 2.71. The molecule has 1 aromatic heterocycles. The van der Waals surface area contributed by atoms with Gasteiger partial charge >= 0.3 is 5.97 Å². The van der Waals surface area contributed by atoms with Gasteiger partial charge in [-0.15, -0.1) is 0 Å². The highest BCUT2D eigenvalue weighted by molar-refractivity contribution is 7.71. The number of aromatic nitrogens is 1. The van der Waals surface area contributed by atoms with Crippen LogP contribution < -0.4 is 9.47 Å². The van der Waals surface area contributed by atoms with E-state index in [-0.39, 0.29) is 16.9 Å². The first-order chi connectivity index (χ1) is 8.58. The Balaban J connectivity index is 2.43. The topological polar surface area (TPSA) is 80.9 Å². The monoisotopic (exact) mass is 265 g/mol. The van der Waals surface area contributed by atoms with E-state index in [4.69, 9.17) is 26.8 Å². The quantitative estimate of drug-likeness (QED) is 0.606. The van der Waals surface area contributed by atoms with Crippen LogP contribution in [0.3, 0.4) is 0 Å². The fraction of sp³-hybridized carbons (Fsp3) is 0.0909. The smallest absolute Gasteiger partial charge is 0.338 e. The van der Waals surface area contributed by atoms with Crippen molar-refractivity contribution in [2.24, 2.45) is 0 Å². The van der Waals surface area contributed by atoms with Crippen molar-refractivity contribution < 1.29 is 24.6 Å². The lowest BCUT2D eigenvalue weighted by molar-refractivity contribution is 0.0692. The van der Waals surface area contributed by atoms with Gasteiger partial charge in [-0.1, -0.05) is 12.2 Å². The van der Waals surface area contributed by atoms with E-state index in [9.17, 15) is 10.0 Å². The number of hydrogen-bond donors (Lipinski definition) is 2. The van der Waals surface area contributed by atoms with E-state index < -0.39 is 5.97 Å². The van der Waals surface area contributed by atoms with Crippen LogP contribution in [0.5, 0.6) is 11.5 Å². The zero-order valence-corrected chi connectivity index (χ0v) is 9.73. The zero-order chi connectivity index (χ0) is 12.9. The lowest BCUT2D eigenvalue weighted by Gasteiger charge is -2.07. The molecule has 0 spiro atoms. The van der Waals surface area contributed by atoms with Gasteiger partial charge in [0.15, 0.2) is 11.5 Å². The minimum Gasteiger partial charge on any atom is -0.478 e. The van der Waals surface area contributed by atoms with Gasteiger partial charge in [0.25, 0.3) is 0 Å². The van der Waals surface area contributed by atoms with Crippen molar-refractivity contribution in [3.63, 3.8) is 0 Å². The summed E-state index contributed by atoms with van der Waals surface area (Å²) in [5, 5.41) is 19.2.